The zero-order valence-electron chi connectivity index (χ0n) is 10.1. The van der Waals surface area contributed by atoms with Crippen molar-refractivity contribution in [1.29, 1.82) is 0 Å². The highest BCUT2D eigenvalue weighted by molar-refractivity contribution is 5.75. The Balaban J connectivity index is 3.46. The molecule has 0 aliphatic heterocycles. The zero-order valence-corrected chi connectivity index (χ0v) is 10.1. The molecule has 0 saturated heterocycles. The molecule has 0 radical (unpaired) electrons. The Morgan fingerprint density at radius 3 is 2.13 bits per heavy atom. The summed E-state index contributed by atoms with van der Waals surface area (Å²) in [6.07, 6.45) is 2.30. The van der Waals surface area contributed by atoms with Crippen molar-refractivity contribution in [3.63, 3.8) is 0 Å². The van der Waals surface area contributed by atoms with Crippen LogP contribution >= 0.6 is 0 Å². The van der Waals surface area contributed by atoms with Crippen LogP contribution in [0.15, 0.2) is 0 Å². The molecule has 0 atom stereocenters. The third kappa shape index (κ3) is 7.97. The summed E-state index contributed by atoms with van der Waals surface area (Å²) in [7, 11) is 3.46. The number of rotatable bonds is 6. The molecular formula is C11H21NO3. The minimum Gasteiger partial charge on any atom is -0.463 e. The average Bonchev–Trinajstić information content (AvgIpc) is 2.10. The first-order chi connectivity index (χ1) is 6.93. The summed E-state index contributed by atoms with van der Waals surface area (Å²) < 4.78 is 4.97. The number of unbranched alkanes of at least 4 members (excludes halogenated alkanes) is 1. The molecule has 1 amide bonds. The minimum atomic E-state index is -0.178. The van der Waals surface area contributed by atoms with E-state index in [9.17, 15) is 9.59 Å². The van der Waals surface area contributed by atoms with E-state index < -0.39 is 0 Å². The second kappa shape index (κ2) is 7.26. The summed E-state index contributed by atoms with van der Waals surface area (Å²) in [5.74, 6) is -0.0745. The molecule has 0 saturated carbocycles. The smallest absolute Gasteiger partial charge is 0.306 e. The van der Waals surface area contributed by atoms with Crippen LogP contribution < -0.4 is 0 Å². The Hall–Kier alpha value is -1.06. The Morgan fingerprint density at radius 2 is 1.67 bits per heavy atom. The molecule has 0 heterocycles. The fraction of sp³-hybridized carbons (Fsp3) is 0.818. The van der Waals surface area contributed by atoms with E-state index in [1.165, 1.54) is 0 Å². The van der Waals surface area contributed by atoms with Crippen molar-refractivity contribution >= 4 is 11.9 Å². The highest BCUT2D eigenvalue weighted by Crippen LogP contribution is 2.04. The predicted octanol–water partition coefficient (Wildman–Crippen LogP) is 1.59. The third-order valence-electron chi connectivity index (χ3n) is 1.89. The maximum atomic E-state index is 11.2. The lowest BCUT2D eigenvalue weighted by atomic mass is 10.2. The monoisotopic (exact) mass is 215 g/mol. The molecule has 0 aromatic carbocycles. The molecule has 88 valence electrons. The van der Waals surface area contributed by atoms with Gasteiger partial charge in [-0.25, -0.2) is 0 Å². The molecule has 0 rings (SSSR count). The molecular weight excluding hydrogens is 194 g/mol. The third-order valence-corrected chi connectivity index (χ3v) is 1.89. The molecule has 4 nitrogen and oxygen atoms in total. The van der Waals surface area contributed by atoms with Gasteiger partial charge in [-0.3, -0.25) is 9.59 Å². The van der Waals surface area contributed by atoms with Gasteiger partial charge in [-0.15, -0.1) is 0 Å². The molecule has 0 N–H and O–H groups in total. The molecule has 0 aliphatic carbocycles. The first kappa shape index (κ1) is 13.9. The largest absolute Gasteiger partial charge is 0.463 e. The summed E-state index contributed by atoms with van der Waals surface area (Å²) >= 11 is 0. The first-order valence-electron chi connectivity index (χ1n) is 5.33. The maximum absolute atomic E-state index is 11.2. The summed E-state index contributed by atoms with van der Waals surface area (Å²) in [6, 6.07) is 0. The lowest BCUT2D eigenvalue weighted by molar-refractivity contribution is -0.147. The Labute approximate surface area is 91.6 Å². The summed E-state index contributed by atoms with van der Waals surface area (Å²) in [5, 5.41) is 0. The Kier molecular flexibility index (Phi) is 6.75. The maximum Gasteiger partial charge on any atom is 0.306 e. The number of ether oxygens (including phenoxy) is 1. The van der Waals surface area contributed by atoms with Gasteiger partial charge in [0.25, 0.3) is 0 Å². The number of amides is 1. The molecule has 0 bridgehead atoms. The highest BCUT2D eigenvalue weighted by atomic mass is 16.5. The normalized spacial score (nSPS) is 10.2. The van der Waals surface area contributed by atoms with Crippen LogP contribution in [0.4, 0.5) is 0 Å². The number of nitrogens with zero attached hydrogens (tertiary/aromatic N) is 1. The number of carbonyl (C=O) groups excluding carboxylic acids is 2. The van der Waals surface area contributed by atoms with Crippen molar-refractivity contribution in [2.45, 2.75) is 45.6 Å². The van der Waals surface area contributed by atoms with Gasteiger partial charge in [0.05, 0.1) is 6.10 Å². The van der Waals surface area contributed by atoms with Gasteiger partial charge in [-0.1, -0.05) is 0 Å². The number of hydrogen-bond donors (Lipinski definition) is 0. The van der Waals surface area contributed by atoms with Gasteiger partial charge in [0, 0.05) is 26.9 Å². The van der Waals surface area contributed by atoms with Crippen LogP contribution in [-0.2, 0) is 14.3 Å². The lowest BCUT2D eigenvalue weighted by Crippen LogP contribution is -2.21. The second-order valence-corrected chi connectivity index (χ2v) is 4.03. The van der Waals surface area contributed by atoms with Gasteiger partial charge in [0.2, 0.25) is 5.91 Å². The fourth-order valence-corrected chi connectivity index (χ4v) is 1.09. The van der Waals surface area contributed by atoms with Gasteiger partial charge in [0.1, 0.15) is 0 Å². The van der Waals surface area contributed by atoms with Gasteiger partial charge in [0.15, 0.2) is 0 Å². The number of esters is 1. The minimum absolute atomic E-state index is 0.0547. The quantitative estimate of drug-likeness (QED) is 0.499. The van der Waals surface area contributed by atoms with E-state index in [1.807, 2.05) is 13.8 Å². The van der Waals surface area contributed by atoms with Crippen LogP contribution in [0.3, 0.4) is 0 Å². The van der Waals surface area contributed by atoms with E-state index in [1.54, 1.807) is 19.0 Å². The summed E-state index contributed by atoms with van der Waals surface area (Å²) in [4.78, 5) is 23.9. The Morgan fingerprint density at radius 1 is 1.13 bits per heavy atom. The van der Waals surface area contributed by atoms with Crippen molar-refractivity contribution in [2.24, 2.45) is 0 Å². The number of carbonyl (C=O) groups is 2. The van der Waals surface area contributed by atoms with E-state index in [0.29, 0.717) is 19.3 Å². The molecule has 4 heteroatoms. The average molecular weight is 215 g/mol. The van der Waals surface area contributed by atoms with Gasteiger partial charge >= 0.3 is 5.97 Å². The first-order valence-corrected chi connectivity index (χ1v) is 5.33. The molecule has 0 spiro atoms. The predicted molar refractivity (Wildman–Crippen MR) is 58.4 cm³/mol. The molecule has 0 fully saturated rings. The van der Waals surface area contributed by atoms with Crippen LogP contribution in [0.2, 0.25) is 0 Å². The van der Waals surface area contributed by atoms with Crippen molar-refractivity contribution in [3.05, 3.63) is 0 Å². The van der Waals surface area contributed by atoms with E-state index in [2.05, 4.69) is 0 Å². The van der Waals surface area contributed by atoms with Gasteiger partial charge in [-0.2, -0.15) is 0 Å². The van der Waals surface area contributed by atoms with Crippen molar-refractivity contribution < 1.29 is 14.3 Å². The van der Waals surface area contributed by atoms with E-state index in [4.69, 9.17) is 4.74 Å². The molecule has 0 aromatic heterocycles. The lowest BCUT2D eigenvalue weighted by Gasteiger charge is -2.10. The van der Waals surface area contributed by atoms with E-state index in [-0.39, 0.29) is 18.0 Å². The molecule has 0 unspecified atom stereocenters. The zero-order chi connectivity index (χ0) is 11.8. The van der Waals surface area contributed by atoms with Crippen LogP contribution in [0.25, 0.3) is 0 Å². The summed E-state index contributed by atoms with van der Waals surface area (Å²) in [6.45, 7) is 3.65. The topological polar surface area (TPSA) is 46.6 Å². The molecule has 15 heavy (non-hydrogen) atoms. The SMILES string of the molecule is CC(C)OC(=O)CCCCC(=O)N(C)C. The summed E-state index contributed by atoms with van der Waals surface area (Å²) in [5.41, 5.74) is 0. The van der Waals surface area contributed by atoms with Crippen LogP contribution in [0.1, 0.15) is 39.5 Å². The Bertz CT molecular complexity index is 212. The van der Waals surface area contributed by atoms with Crippen molar-refractivity contribution in [2.75, 3.05) is 14.1 Å². The van der Waals surface area contributed by atoms with Crippen LogP contribution in [-0.4, -0.2) is 37.0 Å². The fourth-order valence-electron chi connectivity index (χ4n) is 1.09. The molecule has 0 aliphatic rings. The van der Waals surface area contributed by atoms with Crippen molar-refractivity contribution in [3.8, 4) is 0 Å². The number of hydrogen-bond acceptors (Lipinski definition) is 3. The van der Waals surface area contributed by atoms with E-state index >= 15 is 0 Å². The second-order valence-electron chi connectivity index (χ2n) is 4.03. The van der Waals surface area contributed by atoms with Gasteiger partial charge in [-0.05, 0) is 26.7 Å². The van der Waals surface area contributed by atoms with Gasteiger partial charge < -0.3 is 9.64 Å². The standard InChI is InChI=1S/C11H21NO3/c1-9(2)15-11(14)8-6-5-7-10(13)12(3)4/h9H,5-8H2,1-4H3. The molecule has 0 aromatic rings. The highest BCUT2D eigenvalue weighted by Gasteiger charge is 2.07. The van der Waals surface area contributed by atoms with Crippen LogP contribution in [0.5, 0.6) is 0 Å². The van der Waals surface area contributed by atoms with E-state index in [0.717, 1.165) is 6.42 Å². The van der Waals surface area contributed by atoms with Crippen molar-refractivity contribution in [1.82, 2.24) is 4.90 Å². The van der Waals surface area contributed by atoms with Crippen LogP contribution in [0, 0.1) is 0 Å².